The molecule has 172 valence electrons. The molecule has 0 atom stereocenters. The fraction of sp³-hybridized carbons (Fsp3) is 0.190. The minimum absolute atomic E-state index is 0.0745. The summed E-state index contributed by atoms with van der Waals surface area (Å²) in [7, 11) is 2.51. The van der Waals surface area contributed by atoms with Crippen LogP contribution in [0.25, 0.3) is 27.0 Å². The van der Waals surface area contributed by atoms with Crippen LogP contribution in [0.1, 0.15) is 15.0 Å². The standard InChI is InChI=1S/C21H14Br2F3N3O3S/c1-28-16(21(24,25)26)9-17(30)29(20(28)31)11-4-6-15-13(8-11)18(27-33-15)12-5-3-10(19(22)23)7-14(12)32-2/h3-9,19H,1-2H3. The van der Waals surface area contributed by atoms with E-state index in [0.717, 1.165) is 17.3 Å². The van der Waals surface area contributed by atoms with Gasteiger partial charge in [-0.1, -0.05) is 37.9 Å². The molecule has 4 aromatic rings. The van der Waals surface area contributed by atoms with E-state index in [2.05, 4.69) is 36.2 Å². The highest BCUT2D eigenvalue weighted by Gasteiger charge is 2.35. The van der Waals surface area contributed by atoms with E-state index in [1.807, 2.05) is 18.2 Å². The summed E-state index contributed by atoms with van der Waals surface area (Å²) in [5.74, 6) is 0.566. The van der Waals surface area contributed by atoms with Gasteiger partial charge in [0.05, 0.1) is 26.9 Å². The van der Waals surface area contributed by atoms with Crippen molar-refractivity contribution < 1.29 is 17.9 Å². The van der Waals surface area contributed by atoms with E-state index < -0.39 is 23.1 Å². The van der Waals surface area contributed by atoms with Gasteiger partial charge in [0.2, 0.25) is 0 Å². The third kappa shape index (κ3) is 4.26. The zero-order valence-electron chi connectivity index (χ0n) is 17.0. The van der Waals surface area contributed by atoms with Crippen LogP contribution in [0.2, 0.25) is 0 Å². The molecule has 0 unspecified atom stereocenters. The quantitative estimate of drug-likeness (QED) is 0.283. The fourth-order valence-electron chi connectivity index (χ4n) is 3.43. The van der Waals surface area contributed by atoms with Crippen molar-refractivity contribution in [1.82, 2.24) is 13.5 Å². The van der Waals surface area contributed by atoms with Crippen LogP contribution >= 0.6 is 43.4 Å². The first kappa shape index (κ1) is 23.7. The molecule has 0 aliphatic heterocycles. The number of nitrogens with zero attached hydrogens (tertiary/aromatic N) is 3. The summed E-state index contributed by atoms with van der Waals surface area (Å²) in [6, 6.07) is 10.7. The molecule has 6 nitrogen and oxygen atoms in total. The molecule has 0 bridgehead atoms. The van der Waals surface area contributed by atoms with Crippen molar-refractivity contribution in [3.63, 3.8) is 0 Å². The molecule has 0 saturated heterocycles. The highest BCUT2D eigenvalue weighted by Crippen LogP contribution is 2.40. The van der Waals surface area contributed by atoms with E-state index in [1.165, 1.54) is 24.7 Å². The van der Waals surface area contributed by atoms with Gasteiger partial charge in [-0.15, -0.1) is 0 Å². The summed E-state index contributed by atoms with van der Waals surface area (Å²) in [4.78, 5) is 25.2. The summed E-state index contributed by atoms with van der Waals surface area (Å²) >= 11 is 8.10. The van der Waals surface area contributed by atoms with Crippen molar-refractivity contribution >= 4 is 53.5 Å². The van der Waals surface area contributed by atoms with Gasteiger partial charge in [-0.2, -0.15) is 17.5 Å². The van der Waals surface area contributed by atoms with E-state index in [9.17, 15) is 22.8 Å². The maximum absolute atomic E-state index is 13.2. The summed E-state index contributed by atoms with van der Waals surface area (Å²) in [5.41, 5.74) is -1.15. The van der Waals surface area contributed by atoms with E-state index in [0.29, 0.717) is 37.6 Å². The number of hydrogen-bond acceptors (Lipinski definition) is 5. The van der Waals surface area contributed by atoms with Crippen LogP contribution in [-0.4, -0.2) is 20.6 Å². The number of alkyl halides is 5. The van der Waals surface area contributed by atoms with Gasteiger partial charge in [-0.05, 0) is 47.4 Å². The molecule has 2 aromatic carbocycles. The highest BCUT2D eigenvalue weighted by molar-refractivity contribution is 9.24. The Hall–Kier alpha value is -2.44. The van der Waals surface area contributed by atoms with Gasteiger partial charge in [-0.3, -0.25) is 9.36 Å². The molecule has 0 amide bonds. The van der Waals surface area contributed by atoms with Gasteiger partial charge in [0.25, 0.3) is 5.56 Å². The lowest BCUT2D eigenvalue weighted by molar-refractivity contribution is -0.144. The zero-order valence-corrected chi connectivity index (χ0v) is 21.0. The molecular weight excluding hydrogens is 591 g/mol. The van der Waals surface area contributed by atoms with E-state index >= 15 is 0 Å². The van der Waals surface area contributed by atoms with Gasteiger partial charge in [0, 0.05) is 24.1 Å². The van der Waals surface area contributed by atoms with Crippen LogP contribution < -0.4 is 16.0 Å². The number of hydrogen-bond donors (Lipinski definition) is 0. The molecule has 4 rings (SSSR count). The second kappa shape index (κ2) is 8.73. The number of ether oxygens (including phenoxy) is 1. The average molecular weight is 605 g/mol. The first-order valence-electron chi connectivity index (χ1n) is 9.29. The Bertz CT molecular complexity index is 1490. The lowest BCUT2D eigenvalue weighted by Gasteiger charge is -2.14. The Balaban J connectivity index is 1.92. The van der Waals surface area contributed by atoms with Crippen LogP contribution in [-0.2, 0) is 13.2 Å². The molecule has 12 heteroatoms. The molecule has 0 spiro atoms. The number of aromatic nitrogens is 3. The molecule has 0 aliphatic carbocycles. The largest absolute Gasteiger partial charge is 0.496 e. The van der Waals surface area contributed by atoms with E-state index in [4.69, 9.17) is 4.74 Å². The van der Waals surface area contributed by atoms with Gasteiger partial charge in [-0.25, -0.2) is 9.36 Å². The molecule has 0 fully saturated rings. The molecule has 0 aliphatic rings. The third-order valence-corrected chi connectivity index (χ3v) is 6.94. The van der Waals surface area contributed by atoms with Crippen LogP contribution in [0, 0.1) is 0 Å². The summed E-state index contributed by atoms with van der Waals surface area (Å²) in [6.45, 7) is 0. The number of benzene rings is 2. The van der Waals surface area contributed by atoms with Crippen LogP contribution in [0.15, 0.2) is 52.1 Å². The molecule has 33 heavy (non-hydrogen) atoms. The number of rotatable bonds is 4. The maximum Gasteiger partial charge on any atom is 0.431 e. The van der Waals surface area contributed by atoms with Crippen LogP contribution in [0.3, 0.4) is 0 Å². The lowest BCUT2D eigenvalue weighted by atomic mass is 10.0. The van der Waals surface area contributed by atoms with Crippen molar-refractivity contribution in [2.24, 2.45) is 7.05 Å². The highest BCUT2D eigenvalue weighted by atomic mass is 79.9. The predicted octanol–water partition coefficient (Wildman–Crippen LogP) is 5.63. The Morgan fingerprint density at radius 3 is 2.45 bits per heavy atom. The topological polar surface area (TPSA) is 66.1 Å². The zero-order chi connectivity index (χ0) is 24.1. The molecule has 2 aromatic heterocycles. The first-order valence-corrected chi connectivity index (χ1v) is 11.9. The van der Waals surface area contributed by atoms with Gasteiger partial charge < -0.3 is 4.74 Å². The SMILES string of the molecule is COc1cc(C(Br)Br)ccc1-c1nsc2ccc(-n3c(=O)cc(C(F)(F)F)n(C)c3=O)cc12. The smallest absolute Gasteiger partial charge is 0.431 e. The molecule has 0 saturated carbocycles. The minimum atomic E-state index is -4.83. The van der Waals surface area contributed by atoms with Crippen LogP contribution in [0.4, 0.5) is 13.2 Å². The molecular formula is C21H14Br2F3N3O3S. The predicted molar refractivity (Wildman–Crippen MR) is 128 cm³/mol. The number of methoxy groups -OCH3 is 1. The third-order valence-electron chi connectivity index (χ3n) is 5.06. The Kier molecular flexibility index (Phi) is 6.27. The van der Waals surface area contributed by atoms with Gasteiger partial charge in [0.1, 0.15) is 11.4 Å². The van der Waals surface area contributed by atoms with Crippen molar-refractivity contribution in [1.29, 1.82) is 0 Å². The van der Waals surface area contributed by atoms with Gasteiger partial charge >= 0.3 is 11.9 Å². The summed E-state index contributed by atoms with van der Waals surface area (Å²) in [6.07, 6.45) is -4.83. The van der Waals surface area contributed by atoms with E-state index in [-0.39, 0.29) is 9.42 Å². The Morgan fingerprint density at radius 1 is 1.09 bits per heavy atom. The molecule has 2 heterocycles. The molecule has 0 radical (unpaired) electrons. The maximum atomic E-state index is 13.2. The van der Waals surface area contributed by atoms with Crippen molar-refractivity contribution in [2.45, 2.75) is 9.91 Å². The van der Waals surface area contributed by atoms with Crippen LogP contribution in [0.5, 0.6) is 5.75 Å². The van der Waals surface area contributed by atoms with E-state index in [1.54, 1.807) is 12.1 Å². The monoisotopic (exact) mass is 603 g/mol. The lowest BCUT2D eigenvalue weighted by Crippen LogP contribution is -2.40. The van der Waals surface area contributed by atoms with Crippen molar-refractivity contribution in [3.05, 3.63) is 74.6 Å². The summed E-state index contributed by atoms with van der Waals surface area (Å²) < 4.78 is 51.4. The van der Waals surface area contributed by atoms with Crippen molar-refractivity contribution in [2.75, 3.05) is 7.11 Å². The van der Waals surface area contributed by atoms with Crippen molar-refractivity contribution in [3.8, 4) is 22.7 Å². The fourth-order valence-corrected chi connectivity index (χ4v) is 4.77. The van der Waals surface area contributed by atoms with Gasteiger partial charge in [0.15, 0.2) is 0 Å². The Morgan fingerprint density at radius 2 is 1.82 bits per heavy atom. The number of fused-ring (bicyclic) bond motifs is 1. The summed E-state index contributed by atoms with van der Waals surface area (Å²) in [5, 5.41) is 0.631. The second-order valence-electron chi connectivity index (χ2n) is 7.01. The Labute approximate surface area is 205 Å². The number of halogens is 5. The normalized spacial score (nSPS) is 12.0. The second-order valence-corrected chi connectivity index (χ2v) is 10.9. The first-order chi connectivity index (χ1) is 15.5. The molecule has 0 N–H and O–H groups in total. The minimum Gasteiger partial charge on any atom is -0.496 e. The average Bonchev–Trinajstić information content (AvgIpc) is 3.18.